The summed E-state index contributed by atoms with van der Waals surface area (Å²) in [6.07, 6.45) is -2.20. The average molecular weight is 351 g/mol. The van der Waals surface area contributed by atoms with Gasteiger partial charge in [0.05, 0.1) is 0 Å². The normalized spacial score (nSPS) is 12.5. The SMILES string of the molecule is [CH2-]CC(F)(F)C(F)(F)C[CH2-].[Pt+2]. The van der Waals surface area contributed by atoms with Crippen molar-refractivity contribution in [3.05, 3.63) is 13.8 Å². The first-order chi connectivity index (χ1) is 4.37. The molecule has 0 N–H and O–H groups in total. The molecule has 0 heterocycles. The fourth-order valence-electron chi connectivity index (χ4n) is 0.366. The quantitative estimate of drug-likeness (QED) is 0.542. The van der Waals surface area contributed by atoms with Gasteiger partial charge < -0.3 is 13.8 Å². The number of rotatable bonds is 3. The molecule has 0 bridgehead atoms. The van der Waals surface area contributed by atoms with Gasteiger partial charge in [0, 0.05) is 0 Å². The van der Waals surface area contributed by atoms with E-state index in [4.69, 9.17) is 0 Å². The Bertz CT molecular complexity index is 99.1. The molecule has 0 aliphatic carbocycles. The second-order valence-electron chi connectivity index (χ2n) is 1.91. The summed E-state index contributed by atoms with van der Waals surface area (Å²) in [7, 11) is 0. The third kappa shape index (κ3) is 3.10. The maximum atomic E-state index is 12.1. The van der Waals surface area contributed by atoms with E-state index in [1.54, 1.807) is 0 Å². The molecule has 0 rings (SSSR count). The molecule has 0 aromatic heterocycles. The first kappa shape index (κ1) is 14.0. The van der Waals surface area contributed by atoms with Gasteiger partial charge >= 0.3 is 21.1 Å². The van der Waals surface area contributed by atoms with Crippen LogP contribution >= 0.6 is 0 Å². The maximum Gasteiger partial charge on any atom is 2.00 e. The van der Waals surface area contributed by atoms with Gasteiger partial charge in [0.15, 0.2) is 0 Å². The number of alkyl halides is 4. The largest absolute Gasteiger partial charge is 2.00 e. The molecule has 0 spiro atoms. The fraction of sp³-hybridized carbons (Fsp3) is 0.667. The van der Waals surface area contributed by atoms with Crippen LogP contribution in [0.15, 0.2) is 0 Å². The maximum absolute atomic E-state index is 12.1. The molecular formula is C6H8F4Pt. The Labute approximate surface area is 77.6 Å². The van der Waals surface area contributed by atoms with E-state index < -0.39 is 24.7 Å². The van der Waals surface area contributed by atoms with Crippen LogP contribution in [0.2, 0.25) is 0 Å². The van der Waals surface area contributed by atoms with Crippen LogP contribution in [0.3, 0.4) is 0 Å². The van der Waals surface area contributed by atoms with Crippen LogP contribution in [0.4, 0.5) is 17.6 Å². The van der Waals surface area contributed by atoms with Crippen molar-refractivity contribution in [2.45, 2.75) is 24.7 Å². The zero-order chi connectivity index (χ0) is 8.41. The van der Waals surface area contributed by atoms with Crippen LogP contribution in [0.25, 0.3) is 0 Å². The van der Waals surface area contributed by atoms with Crippen molar-refractivity contribution < 1.29 is 38.6 Å². The van der Waals surface area contributed by atoms with Crippen LogP contribution in [0, 0.1) is 13.8 Å². The van der Waals surface area contributed by atoms with Crippen LogP contribution in [-0.2, 0) is 21.1 Å². The van der Waals surface area contributed by atoms with Crippen molar-refractivity contribution in [1.82, 2.24) is 0 Å². The molecule has 0 amide bonds. The molecule has 0 unspecified atom stereocenters. The summed E-state index contributed by atoms with van der Waals surface area (Å²) in [6.45, 7) is 5.43. The van der Waals surface area contributed by atoms with E-state index in [0.717, 1.165) is 0 Å². The van der Waals surface area contributed by atoms with Crippen LogP contribution < -0.4 is 0 Å². The number of halogens is 4. The van der Waals surface area contributed by atoms with Crippen LogP contribution in [0.5, 0.6) is 0 Å². The summed E-state index contributed by atoms with van der Waals surface area (Å²) in [6, 6.07) is 0. The summed E-state index contributed by atoms with van der Waals surface area (Å²) in [5.74, 6) is -8.04. The van der Waals surface area contributed by atoms with E-state index in [1.807, 2.05) is 0 Å². The third-order valence-electron chi connectivity index (χ3n) is 1.16. The van der Waals surface area contributed by atoms with E-state index >= 15 is 0 Å². The molecule has 11 heavy (non-hydrogen) atoms. The molecule has 0 aromatic rings. The molecule has 0 aliphatic rings. The molecule has 0 aliphatic heterocycles. The third-order valence-corrected chi connectivity index (χ3v) is 1.16. The van der Waals surface area contributed by atoms with Crippen LogP contribution in [0.1, 0.15) is 12.8 Å². The Morgan fingerprint density at radius 1 is 0.818 bits per heavy atom. The van der Waals surface area contributed by atoms with Gasteiger partial charge in [-0.2, -0.15) is 0 Å². The fourth-order valence-corrected chi connectivity index (χ4v) is 0.366. The summed E-state index contributed by atoms with van der Waals surface area (Å²) in [5, 5.41) is 0. The molecule has 0 nitrogen and oxygen atoms in total. The summed E-state index contributed by atoms with van der Waals surface area (Å²) in [5.41, 5.74) is 0. The average Bonchev–Trinajstić information content (AvgIpc) is 1.88. The minimum atomic E-state index is -4.02. The minimum absolute atomic E-state index is 0. The number of hydrogen-bond donors (Lipinski definition) is 0. The first-order valence-corrected chi connectivity index (χ1v) is 2.71. The number of hydrogen-bond acceptors (Lipinski definition) is 0. The second-order valence-corrected chi connectivity index (χ2v) is 1.91. The van der Waals surface area contributed by atoms with Gasteiger partial charge in [-0.3, -0.25) is 0 Å². The van der Waals surface area contributed by atoms with Gasteiger partial charge in [-0.25, -0.2) is 17.6 Å². The summed E-state index contributed by atoms with van der Waals surface area (Å²) < 4.78 is 48.3. The molecule has 70 valence electrons. The Kier molecular flexibility index (Phi) is 5.63. The smallest absolute Gasteiger partial charge is 0.337 e. The molecule has 5 heteroatoms. The van der Waals surface area contributed by atoms with Crippen molar-refractivity contribution in [3.63, 3.8) is 0 Å². The summed E-state index contributed by atoms with van der Waals surface area (Å²) >= 11 is 0. The predicted octanol–water partition coefficient (Wildman–Crippen LogP) is 2.70. The Morgan fingerprint density at radius 3 is 1.09 bits per heavy atom. The monoisotopic (exact) mass is 351 g/mol. The van der Waals surface area contributed by atoms with Gasteiger partial charge in [-0.15, -0.1) is 12.8 Å². The topological polar surface area (TPSA) is 0 Å². The van der Waals surface area contributed by atoms with E-state index in [9.17, 15) is 17.6 Å². The van der Waals surface area contributed by atoms with Gasteiger partial charge in [0.1, 0.15) is 0 Å². The van der Waals surface area contributed by atoms with Crippen molar-refractivity contribution in [2.75, 3.05) is 0 Å². The van der Waals surface area contributed by atoms with Crippen molar-refractivity contribution in [2.24, 2.45) is 0 Å². The van der Waals surface area contributed by atoms with Gasteiger partial charge in [-0.1, -0.05) is 0 Å². The molecule has 0 atom stereocenters. The van der Waals surface area contributed by atoms with E-state index in [2.05, 4.69) is 13.8 Å². The molecule has 0 saturated heterocycles. The summed E-state index contributed by atoms with van der Waals surface area (Å²) in [4.78, 5) is 0. The Morgan fingerprint density at radius 2 is 1.00 bits per heavy atom. The second kappa shape index (κ2) is 4.44. The van der Waals surface area contributed by atoms with Crippen molar-refractivity contribution >= 4 is 0 Å². The standard InChI is InChI=1S/C6H8F4.Pt/c1-3-5(7,8)6(9,10)4-2;/h1-4H2;/q-2;+2. The Hall–Kier alpha value is 0.408. The van der Waals surface area contributed by atoms with Crippen molar-refractivity contribution in [1.29, 1.82) is 0 Å². The molecule has 0 fully saturated rings. The van der Waals surface area contributed by atoms with E-state index in [-0.39, 0.29) is 21.1 Å². The van der Waals surface area contributed by atoms with Gasteiger partial charge in [0.25, 0.3) is 11.8 Å². The Balaban J connectivity index is 0. The first-order valence-electron chi connectivity index (χ1n) is 2.71. The molecule has 0 saturated carbocycles. The molecular weight excluding hydrogens is 343 g/mol. The molecule has 0 radical (unpaired) electrons. The van der Waals surface area contributed by atoms with E-state index in [0.29, 0.717) is 0 Å². The molecule has 0 aromatic carbocycles. The zero-order valence-corrected chi connectivity index (χ0v) is 7.93. The van der Waals surface area contributed by atoms with E-state index in [1.165, 1.54) is 0 Å². The predicted molar refractivity (Wildman–Crippen MR) is 29.8 cm³/mol. The zero-order valence-electron chi connectivity index (χ0n) is 5.66. The van der Waals surface area contributed by atoms with Gasteiger partial charge in [-0.05, 0) is 0 Å². The van der Waals surface area contributed by atoms with Crippen LogP contribution in [-0.4, -0.2) is 11.8 Å². The minimum Gasteiger partial charge on any atom is -0.337 e. The van der Waals surface area contributed by atoms with Gasteiger partial charge in [0.2, 0.25) is 0 Å². The van der Waals surface area contributed by atoms with Crippen molar-refractivity contribution in [3.8, 4) is 0 Å².